The normalized spacial score (nSPS) is 19.5. The Balaban J connectivity index is 2.02. The number of amides is 1. The molecule has 2 rings (SSSR count). The van der Waals surface area contributed by atoms with Gasteiger partial charge in [-0.2, -0.15) is 13.2 Å². The average molecular weight is 274 g/mol. The monoisotopic (exact) mass is 274 g/mol. The summed E-state index contributed by atoms with van der Waals surface area (Å²) in [7, 11) is 0. The average Bonchev–Trinajstić information content (AvgIpc) is 2.75. The van der Waals surface area contributed by atoms with E-state index in [4.69, 9.17) is 5.11 Å². The smallest absolute Gasteiger partial charge is 0.416 e. The van der Waals surface area contributed by atoms with Crippen molar-refractivity contribution in [1.82, 2.24) is 5.32 Å². The maximum Gasteiger partial charge on any atom is 0.416 e. The maximum absolute atomic E-state index is 12.4. The summed E-state index contributed by atoms with van der Waals surface area (Å²) >= 11 is 0. The summed E-state index contributed by atoms with van der Waals surface area (Å²) in [5, 5.41) is 11.0. The molecule has 2 N–H and O–H groups in total. The van der Waals surface area contributed by atoms with Gasteiger partial charge in [-0.25, -0.2) is 4.79 Å². The lowest BCUT2D eigenvalue weighted by Gasteiger charge is -2.19. The van der Waals surface area contributed by atoms with Crippen LogP contribution < -0.4 is 10.2 Å². The van der Waals surface area contributed by atoms with Gasteiger partial charge in [0.05, 0.1) is 11.6 Å². The number of anilines is 1. The molecule has 1 amide bonds. The molecule has 0 radical (unpaired) electrons. The summed E-state index contributed by atoms with van der Waals surface area (Å²) in [6, 6.07) is 4.71. The zero-order valence-corrected chi connectivity index (χ0v) is 9.94. The summed E-state index contributed by atoms with van der Waals surface area (Å²) in [4.78, 5) is 12.4. The molecular formula is C12H13F3N2O2. The van der Waals surface area contributed by atoms with E-state index in [2.05, 4.69) is 5.32 Å². The fraction of sp³-hybridized carbons (Fsp3) is 0.417. The zero-order valence-electron chi connectivity index (χ0n) is 9.94. The standard InChI is InChI=1S/C12H13F3N2O2/c13-12(14,15)8-1-3-10(4-2-8)17-6-5-9(7-17)16-11(18)19/h1-4,9,16H,5-7H2,(H,18,19). The van der Waals surface area contributed by atoms with Crippen molar-refractivity contribution < 1.29 is 23.1 Å². The number of nitrogens with one attached hydrogen (secondary N) is 1. The van der Waals surface area contributed by atoms with Crippen molar-refractivity contribution in [2.24, 2.45) is 0 Å². The Labute approximate surface area is 107 Å². The molecule has 1 atom stereocenters. The Morgan fingerprint density at radius 1 is 1.32 bits per heavy atom. The summed E-state index contributed by atoms with van der Waals surface area (Å²) < 4.78 is 37.2. The highest BCUT2D eigenvalue weighted by atomic mass is 19.4. The number of halogens is 3. The minimum atomic E-state index is -4.34. The molecule has 1 saturated heterocycles. The van der Waals surface area contributed by atoms with Gasteiger partial charge in [-0.15, -0.1) is 0 Å². The first-order valence-corrected chi connectivity index (χ1v) is 5.78. The number of alkyl halides is 3. The Bertz CT molecular complexity index is 459. The Morgan fingerprint density at radius 3 is 2.47 bits per heavy atom. The Morgan fingerprint density at radius 2 is 1.95 bits per heavy atom. The fourth-order valence-electron chi connectivity index (χ4n) is 2.15. The first-order chi connectivity index (χ1) is 8.86. The van der Waals surface area contributed by atoms with Gasteiger partial charge in [0.25, 0.3) is 0 Å². The minimum absolute atomic E-state index is 0.181. The summed E-state index contributed by atoms with van der Waals surface area (Å²) in [5.41, 5.74) is -0.0154. The molecule has 104 valence electrons. The van der Waals surface area contributed by atoms with Gasteiger partial charge in [-0.05, 0) is 30.7 Å². The summed E-state index contributed by atoms with van der Waals surface area (Å²) in [6.45, 7) is 1.09. The quantitative estimate of drug-likeness (QED) is 0.871. The van der Waals surface area contributed by atoms with Crippen molar-refractivity contribution in [3.8, 4) is 0 Å². The van der Waals surface area contributed by atoms with Crippen LogP contribution in [0.3, 0.4) is 0 Å². The van der Waals surface area contributed by atoms with Crippen LogP contribution >= 0.6 is 0 Å². The Kier molecular flexibility index (Phi) is 3.55. The third-order valence-corrected chi connectivity index (χ3v) is 3.08. The van der Waals surface area contributed by atoms with Gasteiger partial charge in [0.15, 0.2) is 0 Å². The molecule has 7 heteroatoms. The lowest BCUT2D eigenvalue weighted by molar-refractivity contribution is -0.137. The van der Waals surface area contributed by atoms with Crippen molar-refractivity contribution in [3.05, 3.63) is 29.8 Å². The van der Waals surface area contributed by atoms with E-state index in [1.54, 1.807) is 0 Å². The first kappa shape index (κ1) is 13.5. The van der Waals surface area contributed by atoms with E-state index in [0.29, 0.717) is 25.2 Å². The van der Waals surface area contributed by atoms with Gasteiger partial charge < -0.3 is 15.3 Å². The fourth-order valence-corrected chi connectivity index (χ4v) is 2.15. The molecule has 1 fully saturated rings. The highest BCUT2D eigenvalue weighted by Gasteiger charge is 2.30. The van der Waals surface area contributed by atoms with Crippen molar-refractivity contribution in [3.63, 3.8) is 0 Å². The molecule has 19 heavy (non-hydrogen) atoms. The van der Waals surface area contributed by atoms with Gasteiger partial charge in [0.1, 0.15) is 0 Å². The number of benzene rings is 1. The SMILES string of the molecule is O=C(O)NC1CCN(c2ccc(C(F)(F)F)cc2)C1. The molecule has 1 aromatic rings. The summed E-state index contributed by atoms with van der Waals surface area (Å²) in [6.07, 6.45) is -4.77. The highest BCUT2D eigenvalue weighted by molar-refractivity contribution is 5.65. The van der Waals surface area contributed by atoms with Gasteiger partial charge in [-0.3, -0.25) is 0 Å². The van der Waals surface area contributed by atoms with Crippen molar-refractivity contribution in [1.29, 1.82) is 0 Å². The Hall–Kier alpha value is -1.92. The molecular weight excluding hydrogens is 261 g/mol. The predicted octanol–water partition coefficient (Wildman–Crippen LogP) is 2.55. The van der Waals surface area contributed by atoms with E-state index in [1.165, 1.54) is 12.1 Å². The number of hydrogen-bond acceptors (Lipinski definition) is 2. The number of carbonyl (C=O) groups is 1. The van der Waals surface area contributed by atoms with Crippen molar-refractivity contribution in [2.75, 3.05) is 18.0 Å². The molecule has 4 nitrogen and oxygen atoms in total. The number of hydrogen-bond donors (Lipinski definition) is 2. The molecule has 1 aliphatic rings. The van der Waals surface area contributed by atoms with Crippen LogP contribution in [0.4, 0.5) is 23.7 Å². The van der Waals surface area contributed by atoms with Crippen LogP contribution in [0, 0.1) is 0 Å². The molecule has 1 aromatic carbocycles. The van der Waals surface area contributed by atoms with Crippen molar-refractivity contribution >= 4 is 11.8 Å². The molecule has 0 bridgehead atoms. The van der Waals surface area contributed by atoms with E-state index < -0.39 is 17.8 Å². The minimum Gasteiger partial charge on any atom is -0.465 e. The second-order valence-electron chi connectivity index (χ2n) is 4.43. The molecule has 0 saturated carbocycles. The third kappa shape index (κ3) is 3.30. The molecule has 0 aromatic heterocycles. The van der Waals surface area contributed by atoms with E-state index in [0.717, 1.165) is 12.1 Å². The van der Waals surface area contributed by atoms with Gasteiger partial charge in [0, 0.05) is 18.8 Å². The van der Waals surface area contributed by atoms with E-state index in [9.17, 15) is 18.0 Å². The van der Waals surface area contributed by atoms with E-state index in [1.807, 2.05) is 4.90 Å². The van der Waals surface area contributed by atoms with Gasteiger partial charge >= 0.3 is 12.3 Å². The van der Waals surface area contributed by atoms with Crippen LogP contribution in [-0.2, 0) is 6.18 Å². The lowest BCUT2D eigenvalue weighted by Crippen LogP contribution is -2.36. The lowest BCUT2D eigenvalue weighted by atomic mass is 10.2. The zero-order chi connectivity index (χ0) is 14.0. The second-order valence-corrected chi connectivity index (χ2v) is 4.43. The van der Waals surface area contributed by atoms with Crippen LogP contribution in [0.2, 0.25) is 0 Å². The second kappa shape index (κ2) is 4.99. The predicted molar refractivity (Wildman–Crippen MR) is 63.2 cm³/mol. The van der Waals surface area contributed by atoms with Gasteiger partial charge in [-0.1, -0.05) is 0 Å². The van der Waals surface area contributed by atoms with Crippen LogP contribution in [0.1, 0.15) is 12.0 Å². The van der Waals surface area contributed by atoms with Crippen LogP contribution in [-0.4, -0.2) is 30.3 Å². The highest BCUT2D eigenvalue weighted by Crippen LogP contribution is 2.31. The topological polar surface area (TPSA) is 52.6 Å². The summed E-state index contributed by atoms with van der Waals surface area (Å²) in [5.74, 6) is 0. The number of rotatable bonds is 2. The van der Waals surface area contributed by atoms with Crippen LogP contribution in [0.5, 0.6) is 0 Å². The maximum atomic E-state index is 12.4. The number of nitrogens with zero attached hydrogens (tertiary/aromatic N) is 1. The molecule has 0 aliphatic carbocycles. The van der Waals surface area contributed by atoms with Gasteiger partial charge in [0.2, 0.25) is 0 Å². The van der Waals surface area contributed by atoms with E-state index >= 15 is 0 Å². The first-order valence-electron chi connectivity index (χ1n) is 5.78. The third-order valence-electron chi connectivity index (χ3n) is 3.08. The molecule has 1 aliphatic heterocycles. The van der Waals surface area contributed by atoms with E-state index in [-0.39, 0.29) is 6.04 Å². The van der Waals surface area contributed by atoms with Crippen LogP contribution in [0.25, 0.3) is 0 Å². The molecule has 1 unspecified atom stereocenters. The number of carboxylic acid groups (broad SMARTS) is 1. The molecule has 0 spiro atoms. The van der Waals surface area contributed by atoms with Crippen LogP contribution in [0.15, 0.2) is 24.3 Å². The largest absolute Gasteiger partial charge is 0.465 e. The molecule has 1 heterocycles. The van der Waals surface area contributed by atoms with Crippen molar-refractivity contribution in [2.45, 2.75) is 18.6 Å².